The zero-order valence-electron chi connectivity index (χ0n) is 11.9. The van der Waals surface area contributed by atoms with Gasteiger partial charge in [0.25, 0.3) is 0 Å². The smallest absolute Gasteiger partial charge is 0.184 e. The van der Waals surface area contributed by atoms with Gasteiger partial charge in [-0.1, -0.05) is 18.2 Å². The number of hydrogen-bond acceptors (Lipinski definition) is 2. The lowest BCUT2D eigenvalue weighted by molar-refractivity contribution is 0.100. The number of likely N-dealkylation sites (N-methyl/N-ethyl adjacent to an activating group) is 1. The van der Waals surface area contributed by atoms with E-state index in [-0.39, 0.29) is 12.3 Å². The summed E-state index contributed by atoms with van der Waals surface area (Å²) >= 11 is 0. The summed E-state index contributed by atoms with van der Waals surface area (Å²) in [6, 6.07) is 11.1. The number of anilines is 1. The normalized spacial score (nSPS) is 10.9. The molecule has 0 unspecified atom stereocenters. The standard InChI is InChI=1S/C17H14F2N2O/c1-21(11-6-7-14(18)15(19)8-11)10-17(22)13-9-20-16-5-3-2-4-12(13)16/h2-9,20H,10H2,1H3. The number of H-pyrrole nitrogens is 1. The molecule has 0 fully saturated rings. The molecule has 0 bridgehead atoms. The minimum Gasteiger partial charge on any atom is -0.367 e. The highest BCUT2D eigenvalue weighted by atomic mass is 19.2. The minimum absolute atomic E-state index is 0.0763. The fraction of sp³-hybridized carbons (Fsp3) is 0.118. The molecule has 0 saturated heterocycles. The summed E-state index contributed by atoms with van der Waals surface area (Å²) in [7, 11) is 1.67. The van der Waals surface area contributed by atoms with Crippen LogP contribution in [0.3, 0.4) is 0 Å². The fourth-order valence-corrected chi connectivity index (χ4v) is 2.42. The monoisotopic (exact) mass is 300 g/mol. The van der Waals surface area contributed by atoms with Crippen LogP contribution in [0, 0.1) is 11.6 Å². The van der Waals surface area contributed by atoms with Gasteiger partial charge in [-0.15, -0.1) is 0 Å². The average Bonchev–Trinajstić information content (AvgIpc) is 2.94. The molecular weight excluding hydrogens is 286 g/mol. The Labute approximate surface area is 126 Å². The van der Waals surface area contributed by atoms with Crippen LogP contribution in [0.2, 0.25) is 0 Å². The summed E-state index contributed by atoms with van der Waals surface area (Å²) in [5.41, 5.74) is 1.93. The lowest BCUT2D eigenvalue weighted by Gasteiger charge is -2.18. The molecule has 0 aliphatic heterocycles. The Bertz CT molecular complexity index is 842. The summed E-state index contributed by atoms with van der Waals surface area (Å²) in [6.45, 7) is 0.0763. The first-order valence-corrected chi connectivity index (χ1v) is 6.82. The van der Waals surface area contributed by atoms with Gasteiger partial charge in [-0.05, 0) is 18.2 Å². The number of Topliss-reactive ketones (excluding diaryl/α,β-unsaturated/α-hetero) is 1. The predicted octanol–water partition coefficient (Wildman–Crippen LogP) is 3.77. The molecule has 0 amide bonds. The van der Waals surface area contributed by atoms with Crippen molar-refractivity contribution in [3.05, 3.63) is 65.9 Å². The van der Waals surface area contributed by atoms with E-state index in [9.17, 15) is 13.6 Å². The Morgan fingerprint density at radius 1 is 1.14 bits per heavy atom. The van der Waals surface area contributed by atoms with Crippen LogP contribution in [-0.4, -0.2) is 24.4 Å². The maximum absolute atomic E-state index is 13.3. The molecule has 5 heteroatoms. The van der Waals surface area contributed by atoms with Crippen molar-refractivity contribution in [2.75, 3.05) is 18.5 Å². The predicted molar refractivity (Wildman–Crippen MR) is 82.3 cm³/mol. The van der Waals surface area contributed by atoms with Crippen molar-refractivity contribution in [3.8, 4) is 0 Å². The van der Waals surface area contributed by atoms with E-state index in [2.05, 4.69) is 4.98 Å². The third-order valence-corrected chi connectivity index (χ3v) is 3.61. The Hall–Kier alpha value is -2.69. The van der Waals surface area contributed by atoms with E-state index in [0.717, 1.165) is 23.0 Å². The number of ketones is 1. The lowest BCUT2D eigenvalue weighted by Crippen LogP contribution is -2.25. The van der Waals surface area contributed by atoms with Gasteiger partial charge in [0.2, 0.25) is 0 Å². The van der Waals surface area contributed by atoms with E-state index in [1.807, 2.05) is 24.3 Å². The molecule has 0 saturated carbocycles. The van der Waals surface area contributed by atoms with E-state index < -0.39 is 11.6 Å². The maximum Gasteiger partial charge on any atom is 0.184 e. The number of carbonyl (C=O) groups excluding carboxylic acids is 1. The van der Waals surface area contributed by atoms with Gasteiger partial charge in [-0.2, -0.15) is 0 Å². The van der Waals surface area contributed by atoms with Crippen molar-refractivity contribution in [2.24, 2.45) is 0 Å². The number of nitrogens with zero attached hydrogens (tertiary/aromatic N) is 1. The zero-order chi connectivity index (χ0) is 15.7. The molecule has 1 aromatic heterocycles. The molecule has 0 radical (unpaired) electrons. The number of halogens is 2. The number of aromatic amines is 1. The maximum atomic E-state index is 13.3. The van der Waals surface area contributed by atoms with Crippen molar-refractivity contribution in [3.63, 3.8) is 0 Å². The second kappa shape index (κ2) is 5.60. The van der Waals surface area contributed by atoms with Gasteiger partial charge < -0.3 is 9.88 Å². The number of fused-ring (bicyclic) bond motifs is 1. The van der Waals surface area contributed by atoms with Crippen LogP contribution < -0.4 is 4.90 Å². The van der Waals surface area contributed by atoms with Crippen molar-refractivity contribution in [1.29, 1.82) is 0 Å². The Morgan fingerprint density at radius 2 is 1.91 bits per heavy atom. The van der Waals surface area contributed by atoms with Crippen LogP contribution in [0.25, 0.3) is 10.9 Å². The number of rotatable bonds is 4. The topological polar surface area (TPSA) is 36.1 Å². The van der Waals surface area contributed by atoms with Gasteiger partial charge in [-0.25, -0.2) is 8.78 Å². The van der Waals surface area contributed by atoms with E-state index in [4.69, 9.17) is 0 Å². The van der Waals surface area contributed by atoms with Crippen molar-refractivity contribution < 1.29 is 13.6 Å². The van der Waals surface area contributed by atoms with E-state index >= 15 is 0 Å². The molecule has 3 rings (SSSR count). The quantitative estimate of drug-likeness (QED) is 0.745. The molecule has 3 aromatic rings. The molecule has 1 N–H and O–H groups in total. The van der Waals surface area contributed by atoms with Gasteiger partial charge in [-0.3, -0.25) is 4.79 Å². The lowest BCUT2D eigenvalue weighted by atomic mass is 10.1. The first kappa shape index (κ1) is 14.3. The Morgan fingerprint density at radius 3 is 2.68 bits per heavy atom. The number of carbonyl (C=O) groups is 1. The average molecular weight is 300 g/mol. The molecule has 112 valence electrons. The number of aromatic nitrogens is 1. The molecule has 2 aromatic carbocycles. The summed E-state index contributed by atoms with van der Waals surface area (Å²) in [5, 5.41) is 0.853. The summed E-state index contributed by atoms with van der Waals surface area (Å²) < 4.78 is 26.2. The van der Waals surface area contributed by atoms with Gasteiger partial charge in [0.15, 0.2) is 17.4 Å². The number of nitrogens with one attached hydrogen (secondary N) is 1. The zero-order valence-corrected chi connectivity index (χ0v) is 11.9. The number of hydrogen-bond donors (Lipinski definition) is 1. The van der Waals surface area contributed by atoms with Crippen LogP contribution in [-0.2, 0) is 0 Å². The molecule has 0 aliphatic rings. The van der Waals surface area contributed by atoms with Crippen LogP contribution in [0.1, 0.15) is 10.4 Å². The van der Waals surface area contributed by atoms with Gasteiger partial charge in [0, 0.05) is 41.5 Å². The van der Waals surface area contributed by atoms with E-state index in [1.54, 1.807) is 18.1 Å². The third kappa shape index (κ3) is 2.57. The van der Waals surface area contributed by atoms with Crippen LogP contribution in [0.4, 0.5) is 14.5 Å². The van der Waals surface area contributed by atoms with E-state index in [1.165, 1.54) is 6.07 Å². The molecular formula is C17H14F2N2O. The summed E-state index contributed by atoms with van der Waals surface area (Å²) in [4.78, 5) is 17.1. The minimum atomic E-state index is -0.927. The van der Waals surface area contributed by atoms with Gasteiger partial charge in [0.1, 0.15) is 0 Å². The Balaban J connectivity index is 1.83. The van der Waals surface area contributed by atoms with Crippen LogP contribution in [0.5, 0.6) is 0 Å². The highest BCUT2D eigenvalue weighted by molar-refractivity contribution is 6.09. The molecule has 0 atom stereocenters. The third-order valence-electron chi connectivity index (χ3n) is 3.61. The van der Waals surface area contributed by atoms with E-state index in [0.29, 0.717) is 11.3 Å². The molecule has 22 heavy (non-hydrogen) atoms. The Kier molecular flexibility index (Phi) is 3.63. The highest BCUT2D eigenvalue weighted by Gasteiger charge is 2.15. The van der Waals surface area contributed by atoms with Crippen LogP contribution >= 0.6 is 0 Å². The van der Waals surface area contributed by atoms with Crippen molar-refractivity contribution >= 4 is 22.4 Å². The summed E-state index contributed by atoms with van der Waals surface area (Å²) in [5.74, 6) is -1.92. The highest BCUT2D eigenvalue weighted by Crippen LogP contribution is 2.20. The first-order chi connectivity index (χ1) is 10.6. The SMILES string of the molecule is CN(CC(=O)c1c[nH]c2ccccc12)c1ccc(F)c(F)c1. The van der Waals surface area contributed by atoms with Crippen molar-refractivity contribution in [1.82, 2.24) is 4.98 Å². The molecule has 0 spiro atoms. The van der Waals surface area contributed by atoms with Gasteiger partial charge in [0.05, 0.1) is 6.54 Å². The second-order valence-corrected chi connectivity index (χ2v) is 5.13. The van der Waals surface area contributed by atoms with Crippen LogP contribution in [0.15, 0.2) is 48.7 Å². The summed E-state index contributed by atoms with van der Waals surface area (Å²) in [6.07, 6.45) is 1.67. The molecule has 3 nitrogen and oxygen atoms in total. The van der Waals surface area contributed by atoms with Crippen molar-refractivity contribution in [2.45, 2.75) is 0 Å². The van der Waals surface area contributed by atoms with Gasteiger partial charge >= 0.3 is 0 Å². The fourth-order valence-electron chi connectivity index (χ4n) is 2.42. The number of benzene rings is 2. The second-order valence-electron chi connectivity index (χ2n) is 5.13. The molecule has 1 heterocycles. The number of para-hydroxylation sites is 1. The first-order valence-electron chi connectivity index (χ1n) is 6.82. The largest absolute Gasteiger partial charge is 0.367 e. The molecule has 0 aliphatic carbocycles.